The molecule has 0 spiro atoms. The molecule has 1 aromatic rings. The van der Waals surface area contributed by atoms with E-state index < -0.39 is 10.8 Å². The number of halogens is 1. The average Bonchev–Trinajstić information content (AvgIpc) is 2.81. The van der Waals surface area contributed by atoms with Gasteiger partial charge in [-0.25, -0.2) is 0 Å². The lowest BCUT2D eigenvalue weighted by Gasteiger charge is -2.09. The standard InChI is InChI=1S/C13H18BrNO2S/c14-12-9-10(15)5-6-13(12)18(16)8-2-4-11-3-1-7-17-11/h5-6,9,11H,1-4,7-8,15H2. The summed E-state index contributed by atoms with van der Waals surface area (Å²) in [6.07, 6.45) is 4.65. The molecule has 2 unspecified atom stereocenters. The molecule has 5 heteroatoms. The van der Waals surface area contributed by atoms with Gasteiger partial charge in [0.05, 0.1) is 21.8 Å². The maximum absolute atomic E-state index is 12.2. The second-order valence-corrected chi connectivity index (χ2v) is 6.91. The molecule has 1 aliphatic heterocycles. The molecule has 1 heterocycles. The molecule has 3 nitrogen and oxygen atoms in total. The summed E-state index contributed by atoms with van der Waals surface area (Å²) < 4.78 is 18.5. The summed E-state index contributed by atoms with van der Waals surface area (Å²) in [4.78, 5) is 0.830. The first-order valence-electron chi connectivity index (χ1n) is 6.22. The van der Waals surface area contributed by atoms with Crippen molar-refractivity contribution in [2.45, 2.75) is 36.7 Å². The second kappa shape index (κ2) is 6.68. The highest BCUT2D eigenvalue weighted by molar-refractivity contribution is 9.10. The molecule has 18 heavy (non-hydrogen) atoms. The highest BCUT2D eigenvalue weighted by Gasteiger charge is 2.16. The summed E-state index contributed by atoms with van der Waals surface area (Å²) in [6.45, 7) is 0.886. The Kier molecular flexibility index (Phi) is 5.21. The van der Waals surface area contributed by atoms with Crippen LogP contribution in [0.4, 0.5) is 5.69 Å². The van der Waals surface area contributed by atoms with Gasteiger partial charge in [0.25, 0.3) is 0 Å². The van der Waals surface area contributed by atoms with Crippen molar-refractivity contribution in [3.05, 3.63) is 22.7 Å². The smallest absolute Gasteiger partial charge is 0.0576 e. The molecule has 2 N–H and O–H groups in total. The van der Waals surface area contributed by atoms with Crippen LogP contribution in [0.3, 0.4) is 0 Å². The Morgan fingerprint density at radius 1 is 1.50 bits per heavy atom. The molecular formula is C13H18BrNO2S. The Bertz CT molecular complexity index is 433. The van der Waals surface area contributed by atoms with E-state index in [9.17, 15) is 4.21 Å². The Labute approximate surface area is 119 Å². The van der Waals surface area contributed by atoms with Crippen LogP contribution in [0.15, 0.2) is 27.6 Å². The van der Waals surface area contributed by atoms with Crippen LogP contribution in [0, 0.1) is 0 Å². The first-order chi connectivity index (χ1) is 8.66. The summed E-state index contributed by atoms with van der Waals surface area (Å²) >= 11 is 3.41. The molecule has 2 atom stereocenters. The number of ether oxygens (including phenoxy) is 1. The number of anilines is 1. The van der Waals surface area contributed by atoms with Gasteiger partial charge in [-0.2, -0.15) is 0 Å². The Balaban J connectivity index is 1.83. The second-order valence-electron chi connectivity index (χ2n) is 4.52. The Morgan fingerprint density at radius 3 is 3.00 bits per heavy atom. The van der Waals surface area contributed by atoms with Gasteiger partial charge < -0.3 is 10.5 Å². The number of rotatable bonds is 5. The SMILES string of the molecule is Nc1ccc(S(=O)CCCC2CCCO2)c(Br)c1. The predicted molar refractivity (Wildman–Crippen MR) is 78.0 cm³/mol. The Morgan fingerprint density at radius 2 is 2.33 bits per heavy atom. The minimum Gasteiger partial charge on any atom is -0.399 e. The van der Waals surface area contributed by atoms with Gasteiger partial charge in [-0.3, -0.25) is 4.21 Å². The zero-order chi connectivity index (χ0) is 13.0. The molecule has 100 valence electrons. The molecule has 1 saturated heterocycles. The van der Waals surface area contributed by atoms with Crippen molar-refractivity contribution in [3.63, 3.8) is 0 Å². The minimum absolute atomic E-state index is 0.386. The first kappa shape index (κ1) is 14.0. The van der Waals surface area contributed by atoms with E-state index in [-0.39, 0.29) is 0 Å². The van der Waals surface area contributed by atoms with Crippen molar-refractivity contribution in [2.24, 2.45) is 0 Å². The third-order valence-electron chi connectivity index (χ3n) is 3.08. The molecule has 1 fully saturated rings. The molecule has 1 aliphatic rings. The van der Waals surface area contributed by atoms with Crippen molar-refractivity contribution in [1.82, 2.24) is 0 Å². The van der Waals surface area contributed by atoms with E-state index in [2.05, 4.69) is 15.9 Å². The van der Waals surface area contributed by atoms with Crippen LogP contribution in [0.2, 0.25) is 0 Å². The highest BCUT2D eigenvalue weighted by Crippen LogP contribution is 2.24. The summed E-state index contributed by atoms with van der Waals surface area (Å²) in [5.41, 5.74) is 6.35. The van der Waals surface area contributed by atoms with E-state index >= 15 is 0 Å². The van der Waals surface area contributed by atoms with Gasteiger partial charge >= 0.3 is 0 Å². The molecular weight excluding hydrogens is 314 g/mol. The van der Waals surface area contributed by atoms with Crippen LogP contribution >= 0.6 is 15.9 Å². The van der Waals surface area contributed by atoms with E-state index in [1.807, 2.05) is 6.07 Å². The van der Waals surface area contributed by atoms with Gasteiger partial charge in [0.2, 0.25) is 0 Å². The van der Waals surface area contributed by atoms with Crippen LogP contribution in [0.1, 0.15) is 25.7 Å². The van der Waals surface area contributed by atoms with Gasteiger partial charge in [0, 0.05) is 22.5 Å². The molecule has 0 saturated carbocycles. The summed E-state index contributed by atoms with van der Waals surface area (Å²) in [6, 6.07) is 5.42. The number of nitrogen functional groups attached to an aromatic ring is 1. The summed E-state index contributed by atoms with van der Waals surface area (Å²) in [7, 11) is -0.961. The van der Waals surface area contributed by atoms with Crippen LogP contribution < -0.4 is 5.73 Å². The quantitative estimate of drug-likeness (QED) is 0.843. The maximum Gasteiger partial charge on any atom is 0.0576 e. The molecule has 0 aromatic heterocycles. The van der Waals surface area contributed by atoms with Crippen molar-refractivity contribution >= 4 is 32.4 Å². The number of nitrogens with two attached hydrogens (primary N) is 1. The van der Waals surface area contributed by atoms with Crippen LogP contribution in [-0.4, -0.2) is 22.7 Å². The normalized spacial score (nSPS) is 21.1. The summed E-state index contributed by atoms with van der Waals surface area (Å²) in [5.74, 6) is 0.683. The third kappa shape index (κ3) is 3.80. The molecule has 2 rings (SSSR count). The summed E-state index contributed by atoms with van der Waals surface area (Å²) in [5, 5.41) is 0. The van der Waals surface area contributed by atoms with E-state index in [1.165, 1.54) is 0 Å². The van der Waals surface area contributed by atoms with E-state index in [4.69, 9.17) is 10.5 Å². The van der Waals surface area contributed by atoms with E-state index in [0.29, 0.717) is 17.5 Å². The van der Waals surface area contributed by atoms with E-state index in [0.717, 1.165) is 41.7 Å². The maximum atomic E-state index is 12.2. The molecule has 0 radical (unpaired) electrons. The van der Waals surface area contributed by atoms with Crippen molar-refractivity contribution in [1.29, 1.82) is 0 Å². The predicted octanol–water partition coefficient (Wildman–Crippen LogP) is 3.10. The third-order valence-corrected chi connectivity index (χ3v) is 5.51. The fourth-order valence-corrected chi connectivity index (χ4v) is 4.21. The van der Waals surface area contributed by atoms with Gasteiger partial charge in [0.1, 0.15) is 0 Å². The zero-order valence-corrected chi connectivity index (χ0v) is 12.6. The van der Waals surface area contributed by atoms with Crippen LogP contribution in [-0.2, 0) is 15.5 Å². The zero-order valence-electron chi connectivity index (χ0n) is 10.2. The first-order valence-corrected chi connectivity index (χ1v) is 8.33. The van der Waals surface area contributed by atoms with E-state index in [1.54, 1.807) is 12.1 Å². The highest BCUT2D eigenvalue weighted by atomic mass is 79.9. The van der Waals surface area contributed by atoms with Gasteiger partial charge in [-0.05, 0) is 59.8 Å². The van der Waals surface area contributed by atoms with Crippen LogP contribution in [0.25, 0.3) is 0 Å². The number of hydrogen-bond acceptors (Lipinski definition) is 3. The minimum atomic E-state index is -0.961. The van der Waals surface area contributed by atoms with Gasteiger partial charge in [0.15, 0.2) is 0 Å². The fraction of sp³-hybridized carbons (Fsp3) is 0.538. The Hall–Kier alpha value is -0.390. The lowest BCUT2D eigenvalue weighted by Crippen LogP contribution is -2.07. The number of benzene rings is 1. The van der Waals surface area contributed by atoms with Crippen molar-refractivity contribution in [2.75, 3.05) is 18.1 Å². The van der Waals surface area contributed by atoms with Crippen molar-refractivity contribution in [3.8, 4) is 0 Å². The lowest BCUT2D eigenvalue weighted by atomic mass is 10.1. The fourth-order valence-electron chi connectivity index (χ4n) is 2.13. The van der Waals surface area contributed by atoms with Crippen LogP contribution in [0.5, 0.6) is 0 Å². The molecule has 0 bridgehead atoms. The molecule has 0 amide bonds. The van der Waals surface area contributed by atoms with Gasteiger partial charge in [-0.1, -0.05) is 0 Å². The largest absolute Gasteiger partial charge is 0.399 e. The van der Waals surface area contributed by atoms with Crippen molar-refractivity contribution < 1.29 is 8.95 Å². The lowest BCUT2D eigenvalue weighted by molar-refractivity contribution is 0.104. The molecule has 1 aromatic carbocycles. The molecule has 0 aliphatic carbocycles. The topological polar surface area (TPSA) is 52.3 Å². The van der Waals surface area contributed by atoms with Gasteiger partial charge in [-0.15, -0.1) is 0 Å². The average molecular weight is 332 g/mol. The monoisotopic (exact) mass is 331 g/mol. The number of hydrogen-bond donors (Lipinski definition) is 1.